The van der Waals surface area contributed by atoms with Gasteiger partial charge in [-0.2, -0.15) is 0 Å². The topological polar surface area (TPSA) is 59.0 Å². The quantitative estimate of drug-likeness (QED) is 0.613. The van der Waals surface area contributed by atoms with Crippen molar-refractivity contribution in [2.24, 2.45) is 0 Å². The summed E-state index contributed by atoms with van der Waals surface area (Å²) in [5.41, 5.74) is -1.35. The molecule has 1 unspecified atom stereocenters. The number of amides is 1. The molecule has 2 atom stereocenters. The fraction of sp³-hybridized carbons (Fsp3) is 0.842. The number of rotatable bonds is 5. The van der Waals surface area contributed by atoms with Gasteiger partial charge in [0.2, 0.25) is 0 Å². The van der Waals surface area contributed by atoms with Crippen molar-refractivity contribution in [1.29, 1.82) is 0 Å². The highest BCUT2D eigenvalue weighted by Crippen LogP contribution is 2.29. The van der Waals surface area contributed by atoms with Gasteiger partial charge in [0.25, 0.3) is 0 Å². The average Bonchev–Trinajstić information content (AvgIpc) is 2.74. The molecular weight excluding hydrogens is 306 g/mol. The predicted octanol–water partition coefficient (Wildman–Crippen LogP) is 3.69. The van der Waals surface area contributed by atoms with Crippen molar-refractivity contribution >= 4 is 6.09 Å². The Labute approximate surface area is 146 Å². The van der Waals surface area contributed by atoms with Crippen molar-refractivity contribution in [3.63, 3.8) is 0 Å². The highest BCUT2D eigenvalue weighted by molar-refractivity contribution is 5.70. The van der Waals surface area contributed by atoms with Gasteiger partial charge in [-0.15, -0.1) is 0 Å². The molecule has 0 aromatic heterocycles. The number of aliphatic hydroxyl groups excluding tert-OH is 1. The summed E-state index contributed by atoms with van der Waals surface area (Å²) in [6.07, 6.45) is 3.98. The van der Waals surface area contributed by atoms with Gasteiger partial charge in [-0.25, -0.2) is 4.79 Å². The zero-order valence-corrected chi connectivity index (χ0v) is 16.0. The molecule has 1 aliphatic rings. The number of aliphatic hydroxyl groups is 1. The van der Waals surface area contributed by atoms with Gasteiger partial charge in [-0.1, -0.05) is 38.0 Å². The van der Waals surface area contributed by atoms with Gasteiger partial charge in [0.05, 0.1) is 6.61 Å². The van der Waals surface area contributed by atoms with E-state index in [4.69, 9.17) is 9.47 Å². The summed E-state index contributed by atoms with van der Waals surface area (Å²) < 4.78 is 11.2. The van der Waals surface area contributed by atoms with Crippen molar-refractivity contribution in [2.45, 2.75) is 97.1 Å². The first-order valence-electron chi connectivity index (χ1n) is 8.92. The van der Waals surface area contributed by atoms with E-state index < -0.39 is 29.6 Å². The highest BCUT2D eigenvalue weighted by Gasteiger charge is 2.45. The maximum atomic E-state index is 12.5. The molecule has 1 rings (SSSR count). The molecule has 1 saturated heterocycles. The monoisotopic (exact) mass is 339 g/mol. The number of unbranched alkanes of at least 4 members (excludes halogenated alkanes) is 3. The Balaban J connectivity index is 2.69. The van der Waals surface area contributed by atoms with Crippen molar-refractivity contribution in [3.05, 3.63) is 0 Å². The van der Waals surface area contributed by atoms with Crippen molar-refractivity contribution in [1.82, 2.24) is 4.90 Å². The van der Waals surface area contributed by atoms with E-state index in [1.165, 1.54) is 17.7 Å². The number of hydrogen-bond donors (Lipinski definition) is 1. The van der Waals surface area contributed by atoms with E-state index in [0.29, 0.717) is 13.0 Å². The van der Waals surface area contributed by atoms with Crippen molar-refractivity contribution < 1.29 is 19.4 Å². The van der Waals surface area contributed by atoms with Gasteiger partial charge < -0.3 is 14.6 Å². The highest BCUT2D eigenvalue weighted by atomic mass is 16.6. The number of ether oxygens (including phenoxy) is 2. The maximum absolute atomic E-state index is 12.5. The first-order valence-corrected chi connectivity index (χ1v) is 8.92. The lowest BCUT2D eigenvalue weighted by Gasteiger charge is -2.33. The second-order valence-electron chi connectivity index (χ2n) is 7.78. The minimum atomic E-state index is -0.770. The Morgan fingerprint density at radius 1 is 1.38 bits per heavy atom. The molecule has 0 aliphatic carbocycles. The van der Waals surface area contributed by atoms with Crippen LogP contribution in [0.25, 0.3) is 0 Å². The van der Waals surface area contributed by atoms with E-state index in [1.807, 2.05) is 34.6 Å². The summed E-state index contributed by atoms with van der Waals surface area (Å²) in [6, 6.07) is -0.403. The normalized spacial score (nSPS) is 21.1. The molecule has 1 N–H and O–H groups in total. The molecule has 1 fully saturated rings. The predicted molar refractivity (Wildman–Crippen MR) is 94.4 cm³/mol. The maximum Gasteiger partial charge on any atom is 0.413 e. The number of carbonyl (C=O) groups excluding carboxylic acids is 1. The Morgan fingerprint density at radius 2 is 2.04 bits per heavy atom. The van der Waals surface area contributed by atoms with Gasteiger partial charge in [-0.05, 0) is 47.5 Å². The largest absolute Gasteiger partial charge is 0.444 e. The molecule has 0 aromatic rings. The molecule has 0 saturated carbocycles. The third-order valence-corrected chi connectivity index (χ3v) is 3.82. The molecule has 0 aromatic carbocycles. The zero-order chi connectivity index (χ0) is 18.4. The first-order chi connectivity index (χ1) is 11.1. The second kappa shape index (κ2) is 8.73. The van der Waals surface area contributed by atoms with E-state index in [-0.39, 0.29) is 0 Å². The molecule has 1 amide bonds. The van der Waals surface area contributed by atoms with E-state index in [2.05, 4.69) is 18.8 Å². The third kappa shape index (κ3) is 6.70. The minimum absolute atomic E-state index is 0.321. The van der Waals surface area contributed by atoms with Crippen LogP contribution in [0.3, 0.4) is 0 Å². The van der Waals surface area contributed by atoms with E-state index >= 15 is 0 Å². The summed E-state index contributed by atoms with van der Waals surface area (Å²) in [6.45, 7) is 11.6. The number of nitrogens with zero attached hydrogens (tertiary/aromatic N) is 1. The van der Waals surface area contributed by atoms with Gasteiger partial charge in [0.1, 0.15) is 23.5 Å². The first kappa shape index (κ1) is 20.8. The standard InChI is InChI=1S/C19H33NO4/c1-7-8-9-10-11-16(21)13-12-15-14-23-19(5,6)20(15)17(22)24-18(2,3)4/h15-16,21H,7-11,14H2,1-6H3/t15-,16?/m1/s1. The molecule has 1 heterocycles. The number of carbonyl (C=O) groups is 1. The third-order valence-electron chi connectivity index (χ3n) is 3.82. The van der Waals surface area contributed by atoms with Crippen LogP contribution in [0.2, 0.25) is 0 Å². The molecule has 1 aliphatic heterocycles. The Hall–Kier alpha value is -1.25. The SMILES string of the molecule is CCCCCCC(O)C#C[C@@H]1COC(C)(C)N1C(=O)OC(C)(C)C. The molecule has 0 radical (unpaired) electrons. The lowest BCUT2D eigenvalue weighted by atomic mass is 10.1. The lowest BCUT2D eigenvalue weighted by Crippen LogP contribution is -2.49. The Kier molecular flexibility index (Phi) is 7.56. The van der Waals surface area contributed by atoms with Crippen LogP contribution in [0, 0.1) is 11.8 Å². The molecule has 5 nitrogen and oxygen atoms in total. The second-order valence-corrected chi connectivity index (χ2v) is 7.78. The van der Waals surface area contributed by atoms with E-state index in [1.54, 1.807) is 0 Å². The van der Waals surface area contributed by atoms with Crippen LogP contribution in [0.5, 0.6) is 0 Å². The van der Waals surface area contributed by atoms with Gasteiger partial charge in [0.15, 0.2) is 0 Å². The fourth-order valence-corrected chi connectivity index (χ4v) is 2.60. The van der Waals surface area contributed by atoms with Crippen LogP contribution in [0.15, 0.2) is 0 Å². The van der Waals surface area contributed by atoms with Gasteiger partial charge in [0, 0.05) is 0 Å². The Morgan fingerprint density at radius 3 is 2.62 bits per heavy atom. The van der Waals surface area contributed by atoms with Crippen LogP contribution in [0.4, 0.5) is 4.79 Å². The van der Waals surface area contributed by atoms with Crippen LogP contribution in [0.1, 0.15) is 73.6 Å². The lowest BCUT2D eigenvalue weighted by molar-refractivity contribution is -0.0608. The van der Waals surface area contributed by atoms with Crippen molar-refractivity contribution in [2.75, 3.05) is 6.61 Å². The molecule has 138 valence electrons. The van der Waals surface area contributed by atoms with E-state index in [0.717, 1.165) is 12.8 Å². The van der Waals surface area contributed by atoms with Crippen LogP contribution in [-0.2, 0) is 9.47 Å². The number of hydrogen-bond acceptors (Lipinski definition) is 4. The molecule has 0 bridgehead atoms. The van der Waals surface area contributed by atoms with Crippen LogP contribution >= 0.6 is 0 Å². The fourth-order valence-electron chi connectivity index (χ4n) is 2.60. The summed E-state index contributed by atoms with van der Waals surface area (Å²) >= 11 is 0. The smallest absolute Gasteiger partial charge is 0.413 e. The van der Waals surface area contributed by atoms with Crippen molar-refractivity contribution in [3.8, 4) is 11.8 Å². The Bertz CT molecular complexity index is 470. The molecular formula is C19H33NO4. The molecule has 5 heteroatoms. The summed E-state index contributed by atoms with van der Waals surface area (Å²) in [5, 5.41) is 10.0. The summed E-state index contributed by atoms with van der Waals surface area (Å²) in [7, 11) is 0. The molecule has 24 heavy (non-hydrogen) atoms. The molecule has 0 spiro atoms. The van der Waals surface area contributed by atoms with Gasteiger partial charge >= 0.3 is 6.09 Å². The van der Waals surface area contributed by atoms with Crippen LogP contribution < -0.4 is 0 Å². The van der Waals surface area contributed by atoms with Crippen LogP contribution in [-0.4, -0.2) is 46.2 Å². The summed E-state index contributed by atoms with van der Waals surface area (Å²) in [4.78, 5) is 14.0. The summed E-state index contributed by atoms with van der Waals surface area (Å²) in [5.74, 6) is 5.86. The van der Waals surface area contributed by atoms with E-state index in [9.17, 15) is 9.90 Å². The van der Waals surface area contributed by atoms with Gasteiger partial charge in [-0.3, -0.25) is 4.90 Å². The minimum Gasteiger partial charge on any atom is -0.444 e. The average molecular weight is 339 g/mol. The zero-order valence-electron chi connectivity index (χ0n) is 16.0.